The number of nitrogens with zero attached hydrogens (tertiary/aromatic N) is 2. The van der Waals surface area contributed by atoms with Crippen LogP contribution in [0.4, 0.5) is 0 Å². The number of aliphatic carboxylic acids is 1. The van der Waals surface area contributed by atoms with Gasteiger partial charge in [-0.25, -0.2) is 0 Å². The number of likely N-dealkylation sites (tertiary alicyclic amines) is 2. The summed E-state index contributed by atoms with van der Waals surface area (Å²) in [5, 5.41) is 19.2. The van der Waals surface area contributed by atoms with Crippen molar-refractivity contribution >= 4 is 11.9 Å². The predicted octanol–water partition coefficient (Wildman–Crippen LogP) is 2.63. The molecule has 6 heteroatoms. The number of carbonyl (C=O) groups excluding carboxylic acids is 1. The molecule has 3 aliphatic rings. The number of benzene rings is 1. The first-order valence-electron chi connectivity index (χ1n) is 10.8. The molecular formula is C23H32N2O4. The molecule has 1 aromatic rings. The maximum atomic E-state index is 12.8. The molecule has 158 valence electrons. The molecule has 2 N–H and O–H groups in total. The van der Waals surface area contributed by atoms with Gasteiger partial charge in [-0.1, -0.05) is 13.0 Å². The van der Waals surface area contributed by atoms with Gasteiger partial charge in [0.05, 0.1) is 5.92 Å². The average Bonchev–Trinajstić information content (AvgIpc) is 2.70. The molecular weight excluding hydrogens is 368 g/mol. The Bertz CT molecular complexity index is 802. The van der Waals surface area contributed by atoms with E-state index in [1.165, 1.54) is 11.1 Å². The summed E-state index contributed by atoms with van der Waals surface area (Å²) in [6.45, 7) is 4.44. The monoisotopic (exact) mass is 400 g/mol. The van der Waals surface area contributed by atoms with Gasteiger partial charge in [0.25, 0.3) is 0 Å². The predicted molar refractivity (Wildman–Crippen MR) is 110 cm³/mol. The number of phenolic OH excluding ortho intramolecular Hbond substituents is 1. The zero-order valence-corrected chi connectivity index (χ0v) is 17.4. The van der Waals surface area contributed by atoms with Crippen molar-refractivity contribution < 1.29 is 19.8 Å². The minimum Gasteiger partial charge on any atom is -0.508 e. The third kappa shape index (κ3) is 3.63. The number of rotatable bonds is 4. The first-order chi connectivity index (χ1) is 13.8. The van der Waals surface area contributed by atoms with E-state index in [1.54, 1.807) is 6.07 Å². The summed E-state index contributed by atoms with van der Waals surface area (Å²) in [6, 6.07) is 6.19. The Morgan fingerprint density at radius 2 is 1.93 bits per heavy atom. The molecule has 2 fully saturated rings. The molecule has 3 unspecified atom stereocenters. The molecule has 3 atom stereocenters. The summed E-state index contributed by atoms with van der Waals surface area (Å²) >= 11 is 0. The van der Waals surface area contributed by atoms with Gasteiger partial charge in [-0.3, -0.25) is 9.59 Å². The molecule has 0 aromatic heterocycles. The third-order valence-corrected chi connectivity index (χ3v) is 7.84. The van der Waals surface area contributed by atoms with Gasteiger partial charge in [-0.15, -0.1) is 0 Å². The number of amides is 1. The lowest BCUT2D eigenvalue weighted by atomic mass is 9.57. The first-order valence-corrected chi connectivity index (χ1v) is 10.8. The van der Waals surface area contributed by atoms with Gasteiger partial charge in [0.2, 0.25) is 5.91 Å². The number of aromatic hydroxyl groups is 1. The molecule has 0 radical (unpaired) electrons. The van der Waals surface area contributed by atoms with E-state index in [2.05, 4.69) is 24.9 Å². The minimum atomic E-state index is -0.745. The average molecular weight is 401 g/mol. The topological polar surface area (TPSA) is 81.1 Å². The highest BCUT2D eigenvalue weighted by Gasteiger charge is 2.49. The highest BCUT2D eigenvalue weighted by atomic mass is 16.4. The maximum absolute atomic E-state index is 12.8. The fourth-order valence-corrected chi connectivity index (χ4v) is 5.95. The Hall–Kier alpha value is -2.08. The van der Waals surface area contributed by atoms with Crippen LogP contribution in [0, 0.1) is 11.8 Å². The molecule has 4 rings (SSSR count). The summed E-state index contributed by atoms with van der Waals surface area (Å²) in [5.74, 6) is -0.215. The zero-order chi connectivity index (χ0) is 20.8. The van der Waals surface area contributed by atoms with Crippen molar-refractivity contribution in [3.05, 3.63) is 29.3 Å². The second-order valence-electron chi connectivity index (χ2n) is 9.40. The number of hydrogen-bond acceptors (Lipinski definition) is 4. The summed E-state index contributed by atoms with van der Waals surface area (Å²) in [5.41, 5.74) is 2.54. The van der Waals surface area contributed by atoms with E-state index < -0.39 is 5.97 Å². The fourth-order valence-electron chi connectivity index (χ4n) is 5.95. The molecule has 0 spiro atoms. The third-order valence-electron chi connectivity index (χ3n) is 7.84. The van der Waals surface area contributed by atoms with Crippen LogP contribution in [0.2, 0.25) is 0 Å². The quantitative estimate of drug-likeness (QED) is 0.812. The van der Waals surface area contributed by atoms with E-state index in [0.29, 0.717) is 50.1 Å². The Kier molecular flexibility index (Phi) is 5.32. The van der Waals surface area contributed by atoms with E-state index in [0.717, 1.165) is 25.8 Å². The van der Waals surface area contributed by atoms with Gasteiger partial charge in [-0.05, 0) is 80.3 Å². The number of piperidine rings is 2. The van der Waals surface area contributed by atoms with E-state index in [4.69, 9.17) is 5.11 Å². The minimum absolute atomic E-state index is 0.0277. The van der Waals surface area contributed by atoms with Crippen molar-refractivity contribution in [1.82, 2.24) is 9.80 Å². The van der Waals surface area contributed by atoms with Crippen LogP contribution in [-0.2, 0) is 21.4 Å². The molecule has 2 heterocycles. The highest BCUT2D eigenvalue weighted by Crippen LogP contribution is 2.50. The van der Waals surface area contributed by atoms with Crippen LogP contribution in [-0.4, -0.2) is 64.6 Å². The van der Waals surface area contributed by atoms with Gasteiger partial charge < -0.3 is 20.0 Å². The van der Waals surface area contributed by atoms with Gasteiger partial charge in [0, 0.05) is 25.6 Å². The number of fused-ring (bicyclic) bond motifs is 4. The molecule has 6 nitrogen and oxygen atoms in total. The van der Waals surface area contributed by atoms with E-state index in [9.17, 15) is 14.7 Å². The Morgan fingerprint density at radius 3 is 2.62 bits per heavy atom. The van der Waals surface area contributed by atoms with Crippen LogP contribution in [0.1, 0.15) is 50.2 Å². The number of hydrogen-bond donors (Lipinski definition) is 2. The van der Waals surface area contributed by atoms with Crippen molar-refractivity contribution in [3.8, 4) is 5.75 Å². The normalized spacial score (nSPS) is 30.1. The van der Waals surface area contributed by atoms with Crippen molar-refractivity contribution in [2.24, 2.45) is 11.8 Å². The lowest BCUT2D eigenvalue weighted by Crippen LogP contribution is -2.57. The highest BCUT2D eigenvalue weighted by molar-refractivity contribution is 5.77. The zero-order valence-electron chi connectivity index (χ0n) is 17.4. The van der Waals surface area contributed by atoms with Crippen LogP contribution in [0.5, 0.6) is 5.75 Å². The summed E-state index contributed by atoms with van der Waals surface area (Å²) in [6.07, 6.45) is 4.44. The van der Waals surface area contributed by atoms with Crippen LogP contribution < -0.4 is 0 Å². The molecule has 1 amide bonds. The number of phenols is 1. The molecule has 1 aliphatic carbocycles. The van der Waals surface area contributed by atoms with E-state index in [-0.39, 0.29) is 17.2 Å². The van der Waals surface area contributed by atoms with Gasteiger partial charge in [0.15, 0.2) is 0 Å². The fraction of sp³-hybridized carbons (Fsp3) is 0.652. The van der Waals surface area contributed by atoms with Gasteiger partial charge >= 0.3 is 5.97 Å². The molecule has 29 heavy (non-hydrogen) atoms. The smallest absolute Gasteiger partial charge is 0.306 e. The van der Waals surface area contributed by atoms with E-state index in [1.807, 2.05) is 11.0 Å². The van der Waals surface area contributed by atoms with Crippen LogP contribution in [0.3, 0.4) is 0 Å². The number of carbonyl (C=O) groups is 2. The molecule has 2 aliphatic heterocycles. The standard InChI is InChI=1S/C23H32N2O4/c1-23-9-12-24(2)20(13-16-3-4-17(26)14-19(16)23)18(23)5-6-21(27)25-10-7-15(8-11-25)22(28)29/h3-4,14-15,18,20,26H,5-13H2,1-2H3,(H,28,29). The van der Waals surface area contributed by atoms with Gasteiger partial charge in [0.1, 0.15) is 5.75 Å². The van der Waals surface area contributed by atoms with E-state index >= 15 is 0 Å². The van der Waals surface area contributed by atoms with Crippen molar-refractivity contribution in [1.29, 1.82) is 0 Å². The van der Waals surface area contributed by atoms with Crippen LogP contribution in [0.25, 0.3) is 0 Å². The van der Waals surface area contributed by atoms with Crippen LogP contribution >= 0.6 is 0 Å². The summed E-state index contributed by atoms with van der Waals surface area (Å²) in [7, 11) is 2.18. The number of carboxylic acid groups (broad SMARTS) is 1. The second-order valence-corrected chi connectivity index (χ2v) is 9.40. The Morgan fingerprint density at radius 1 is 1.21 bits per heavy atom. The lowest BCUT2D eigenvalue weighted by molar-refractivity contribution is -0.145. The SMILES string of the molecule is CN1CCC2(C)c3cc(O)ccc3CC1C2CCC(=O)N1CCC(C(=O)O)CC1. The maximum Gasteiger partial charge on any atom is 0.306 e. The van der Waals surface area contributed by atoms with Crippen molar-refractivity contribution in [2.75, 3.05) is 26.7 Å². The molecule has 1 aromatic carbocycles. The van der Waals surface area contributed by atoms with Crippen molar-refractivity contribution in [2.45, 2.75) is 56.9 Å². The second kappa shape index (κ2) is 7.63. The van der Waals surface area contributed by atoms with Crippen molar-refractivity contribution in [3.63, 3.8) is 0 Å². The largest absolute Gasteiger partial charge is 0.508 e. The summed E-state index contributed by atoms with van der Waals surface area (Å²) < 4.78 is 0. The number of carboxylic acids is 1. The molecule has 2 saturated heterocycles. The molecule has 0 saturated carbocycles. The van der Waals surface area contributed by atoms with Gasteiger partial charge in [-0.2, -0.15) is 0 Å². The first kappa shape index (κ1) is 20.2. The Balaban J connectivity index is 1.47. The lowest BCUT2D eigenvalue weighted by Gasteiger charge is -2.55. The molecule has 2 bridgehead atoms. The van der Waals surface area contributed by atoms with Crippen LogP contribution in [0.15, 0.2) is 18.2 Å². The summed E-state index contributed by atoms with van der Waals surface area (Å²) in [4.78, 5) is 28.3. The number of likely N-dealkylation sites (N-methyl/N-ethyl adjacent to an activating group) is 1. The Labute approximate surface area is 172 Å².